The minimum atomic E-state index is -3.19. The molecule has 4 nitrogen and oxygen atoms in total. The van der Waals surface area contributed by atoms with Gasteiger partial charge in [-0.3, -0.25) is 4.79 Å². The average molecular weight is 339 g/mol. The smallest absolute Gasteiger partial charge is 0.246 e. The molecule has 0 heterocycles. The van der Waals surface area contributed by atoms with E-state index in [-0.39, 0.29) is 17.8 Å². The Labute approximate surface area is 136 Å². The minimum absolute atomic E-state index is 0.269. The Bertz CT molecular complexity index is 700. The topological polar surface area (TPSA) is 54.5 Å². The van der Waals surface area contributed by atoms with Crippen molar-refractivity contribution in [1.82, 2.24) is 4.90 Å². The van der Waals surface area contributed by atoms with Crippen LogP contribution >= 0.6 is 0 Å². The highest BCUT2D eigenvalue weighted by atomic mass is 32.2. The first-order chi connectivity index (χ1) is 10.8. The van der Waals surface area contributed by atoms with E-state index < -0.39 is 15.1 Å². The summed E-state index contributed by atoms with van der Waals surface area (Å²) in [4.78, 5) is 13.8. The summed E-state index contributed by atoms with van der Waals surface area (Å²) in [5.41, 5.74) is 0.593. The number of carbonyl (C=O) groups is 1. The SMILES string of the molecule is CN(C(=O)/C=C/c1cccc(F)c1)[C@@H]1CCCC[C@H]1S(C)(=O)=O. The molecule has 1 fully saturated rings. The van der Waals surface area contributed by atoms with E-state index >= 15 is 0 Å². The molecule has 23 heavy (non-hydrogen) atoms. The third-order valence-corrected chi connectivity index (χ3v) is 5.98. The Morgan fingerprint density at radius 1 is 1.30 bits per heavy atom. The summed E-state index contributed by atoms with van der Waals surface area (Å²) >= 11 is 0. The molecule has 1 aromatic carbocycles. The second kappa shape index (κ2) is 7.25. The fourth-order valence-electron chi connectivity index (χ4n) is 3.08. The van der Waals surface area contributed by atoms with Crippen molar-refractivity contribution in [2.45, 2.75) is 37.0 Å². The Kier molecular flexibility index (Phi) is 5.57. The number of sulfone groups is 1. The highest BCUT2D eigenvalue weighted by Crippen LogP contribution is 2.27. The molecule has 0 aromatic heterocycles. The first-order valence-corrected chi connectivity index (χ1v) is 9.64. The molecule has 0 bridgehead atoms. The lowest BCUT2D eigenvalue weighted by Crippen LogP contribution is -2.48. The first-order valence-electron chi connectivity index (χ1n) is 7.68. The summed E-state index contributed by atoms with van der Waals surface area (Å²) in [7, 11) is -1.56. The van der Waals surface area contributed by atoms with Crippen LogP contribution in [0.1, 0.15) is 31.2 Å². The van der Waals surface area contributed by atoms with E-state index in [0.717, 1.165) is 12.8 Å². The second-order valence-corrected chi connectivity index (χ2v) is 8.32. The Morgan fingerprint density at radius 3 is 2.65 bits per heavy atom. The Morgan fingerprint density at radius 2 is 2.00 bits per heavy atom. The minimum Gasteiger partial charge on any atom is -0.338 e. The maximum atomic E-state index is 13.1. The van der Waals surface area contributed by atoms with Crippen LogP contribution in [0, 0.1) is 5.82 Å². The van der Waals surface area contributed by atoms with Gasteiger partial charge >= 0.3 is 0 Å². The van der Waals surface area contributed by atoms with Crippen LogP contribution in [0.4, 0.5) is 4.39 Å². The molecule has 1 aromatic rings. The van der Waals surface area contributed by atoms with E-state index in [4.69, 9.17) is 0 Å². The maximum absolute atomic E-state index is 13.1. The predicted octanol–water partition coefficient (Wildman–Crippen LogP) is 2.65. The number of halogens is 1. The number of benzene rings is 1. The van der Waals surface area contributed by atoms with Crippen LogP contribution < -0.4 is 0 Å². The normalized spacial score (nSPS) is 22.2. The van der Waals surface area contributed by atoms with Crippen LogP contribution in [0.5, 0.6) is 0 Å². The van der Waals surface area contributed by atoms with E-state index in [2.05, 4.69) is 0 Å². The number of hydrogen-bond donors (Lipinski definition) is 0. The van der Waals surface area contributed by atoms with Gasteiger partial charge in [-0.25, -0.2) is 12.8 Å². The molecule has 1 saturated carbocycles. The van der Waals surface area contributed by atoms with Gasteiger partial charge in [0.05, 0.1) is 5.25 Å². The van der Waals surface area contributed by atoms with Crippen molar-refractivity contribution in [1.29, 1.82) is 0 Å². The number of hydrogen-bond acceptors (Lipinski definition) is 3. The van der Waals surface area contributed by atoms with Crippen molar-refractivity contribution in [2.75, 3.05) is 13.3 Å². The first kappa shape index (κ1) is 17.7. The van der Waals surface area contributed by atoms with Crippen LogP contribution in [-0.4, -0.2) is 43.8 Å². The van der Waals surface area contributed by atoms with E-state index in [1.807, 2.05) is 0 Å². The van der Waals surface area contributed by atoms with Gasteiger partial charge in [-0.2, -0.15) is 0 Å². The fourth-order valence-corrected chi connectivity index (χ4v) is 4.56. The third-order valence-electron chi connectivity index (χ3n) is 4.33. The highest BCUT2D eigenvalue weighted by Gasteiger charge is 2.36. The average Bonchev–Trinajstić information content (AvgIpc) is 2.51. The van der Waals surface area contributed by atoms with E-state index in [1.165, 1.54) is 29.4 Å². The summed E-state index contributed by atoms with van der Waals surface area (Å²) in [6.07, 6.45) is 7.21. The summed E-state index contributed by atoms with van der Waals surface area (Å²) < 4.78 is 37.0. The Balaban J connectivity index is 2.11. The van der Waals surface area contributed by atoms with Gasteiger partial charge in [-0.05, 0) is 36.6 Å². The molecule has 126 valence electrons. The second-order valence-electron chi connectivity index (χ2n) is 6.06. The summed E-state index contributed by atoms with van der Waals surface area (Å²) in [6.45, 7) is 0. The lowest BCUT2D eigenvalue weighted by molar-refractivity contribution is -0.127. The number of amides is 1. The summed E-state index contributed by atoms with van der Waals surface area (Å²) in [5.74, 6) is -0.632. The standard InChI is InChI=1S/C17H22FNO3S/c1-19(15-8-3-4-9-16(15)23(2,21)22)17(20)11-10-13-6-5-7-14(18)12-13/h5-7,10-12,15-16H,3-4,8-9H2,1-2H3/b11-10+/t15-,16-/m1/s1. The fraction of sp³-hybridized carbons (Fsp3) is 0.471. The molecule has 2 rings (SSSR count). The van der Waals surface area contributed by atoms with E-state index in [9.17, 15) is 17.6 Å². The number of likely N-dealkylation sites (N-methyl/N-ethyl adjacent to an activating group) is 1. The van der Waals surface area contributed by atoms with E-state index in [0.29, 0.717) is 18.4 Å². The number of nitrogens with zero attached hydrogens (tertiary/aromatic N) is 1. The quantitative estimate of drug-likeness (QED) is 0.793. The molecule has 0 N–H and O–H groups in total. The van der Waals surface area contributed by atoms with Gasteiger partial charge in [0.25, 0.3) is 0 Å². The maximum Gasteiger partial charge on any atom is 0.246 e. The molecule has 1 aliphatic rings. The molecule has 6 heteroatoms. The van der Waals surface area contributed by atoms with Crippen LogP contribution in [0.3, 0.4) is 0 Å². The number of rotatable bonds is 4. The van der Waals surface area contributed by atoms with Crippen LogP contribution in [-0.2, 0) is 14.6 Å². The van der Waals surface area contributed by atoms with Crippen LogP contribution in [0.25, 0.3) is 6.08 Å². The molecule has 2 atom stereocenters. The zero-order valence-electron chi connectivity index (χ0n) is 13.4. The van der Waals surface area contributed by atoms with Gasteiger partial charge in [0.1, 0.15) is 5.82 Å². The number of carbonyl (C=O) groups excluding carboxylic acids is 1. The van der Waals surface area contributed by atoms with Gasteiger partial charge in [0, 0.05) is 25.4 Å². The largest absolute Gasteiger partial charge is 0.338 e. The van der Waals surface area contributed by atoms with Crippen LogP contribution in [0.15, 0.2) is 30.3 Å². The lowest BCUT2D eigenvalue weighted by atomic mass is 9.93. The Hall–Kier alpha value is -1.69. The molecule has 0 aliphatic heterocycles. The molecule has 1 amide bonds. The van der Waals surface area contributed by atoms with Crippen LogP contribution in [0.2, 0.25) is 0 Å². The van der Waals surface area contributed by atoms with Gasteiger partial charge in [-0.1, -0.05) is 25.0 Å². The van der Waals surface area contributed by atoms with Crippen molar-refractivity contribution in [3.8, 4) is 0 Å². The molecular weight excluding hydrogens is 317 g/mol. The van der Waals surface area contributed by atoms with Crippen molar-refractivity contribution in [2.24, 2.45) is 0 Å². The molecular formula is C17H22FNO3S. The molecule has 0 radical (unpaired) electrons. The molecule has 0 saturated heterocycles. The zero-order chi connectivity index (χ0) is 17.0. The van der Waals surface area contributed by atoms with Crippen molar-refractivity contribution < 1.29 is 17.6 Å². The van der Waals surface area contributed by atoms with Crippen molar-refractivity contribution in [3.05, 3.63) is 41.7 Å². The van der Waals surface area contributed by atoms with E-state index in [1.54, 1.807) is 25.3 Å². The van der Waals surface area contributed by atoms with Gasteiger partial charge in [0.2, 0.25) is 5.91 Å². The summed E-state index contributed by atoms with van der Waals surface area (Å²) in [5, 5.41) is -0.507. The van der Waals surface area contributed by atoms with Gasteiger partial charge in [0.15, 0.2) is 9.84 Å². The third kappa shape index (κ3) is 4.64. The summed E-state index contributed by atoms with van der Waals surface area (Å²) in [6, 6.07) is 5.65. The van der Waals surface area contributed by atoms with Gasteiger partial charge in [-0.15, -0.1) is 0 Å². The predicted molar refractivity (Wildman–Crippen MR) is 89.1 cm³/mol. The van der Waals surface area contributed by atoms with Crippen molar-refractivity contribution in [3.63, 3.8) is 0 Å². The van der Waals surface area contributed by atoms with Crippen molar-refractivity contribution >= 4 is 21.8 Å². The lowest BCUT2D eigenvalue weighted by Gasteiger charge is -2.36. The van der Waals surface area contributed by atoms with Gasteiger partial charge < -0.3 is 4.90 Å². The zero-order valence-corrected chi connectivity index (χ0v) is 14.2. The molecule has 0 unspecified atom stereocenters. The highest BCUT2D eigenvalue weighted by molar-refractivity contribution is 7.91. The molecule has 0 spiro atoms. The molecule has 1 aliphatic carbocycles. The monoisotopic (exact) mass is 339 g/mol.